The number of halogens is 1. The van der Waals surface area contributed by atoms with Crippen LogP contribution in [0.5, 0.6) is 0 Å². The normalized spacial score (nSPS) is 11.4. The molecule has 0 radical (unpaired) electrons. The number of rotatable bonds is 5. The van der Waals surface area contributed by atoms with Gasteiger partial charge in [-0.05, 0) is 40.5 Å². The summed E-state index contributed by atoms with van der Waals surface area (Å²) in [7, 11) is -0.734. The summed E-state index contributed by atoms with van der Waals surface area (Å²) < 4.78 is 28.3. The van der Waals surface area contributed by atoms with Crippen LogP contribution in [0.1, 0.15) is 15.9 Å². The molecule has 1 amide bonds. The van der Waals surface area contributed by atoms with Crippen LogP contribution in [0.2, 0.25) is 0 Å². The monoisotopic (exact) mass is 364 g/mol. The molecule has 2 N–H and O–H groups in total. The summed E-state index contributed by atoms with van der Waals surface area (Å²) >= 11 is 3.17. The summed E-state index contributed by atoms with van der Waals surface area (Å²) in [6.45, 7) is 2.51. The number of hydrogen-bond donors (Lipinski definition) is 1. The Hall–Kier alpha value is -0.960. The van der Waals surface area contributed by atoms with Crippen molar-refractivity contribution in [1.82, 2.24) is 4.90 Å². The lowest BCUT2D eigenvalue weighted by atomic mass is 10.1. The highest BCUT2D eigenvalue weighted by molar-refractivity contribution is 9.10. The molecule has 0 bridgehead atoms. The maximum atomic E-state index is 12.2. The van der Waals surface area contributed by atoms with Crippen molar-refractivity contribution in [2.24, 2.45) is 5.14 Å². The molecule has 0 saturated heterocycles. The molecule has 0 atom stereocenters. The van der Waals surface area contributed by atoms with Gasteiger partial charge in [-0.1, -0.05) is 0 Å². The quantitative estimate of drug-likeness (QED) is 0.847. The largest absolute Gasteiger partial charge is 0.383 e. The Bertz CT molecular complexity index is 616. The fourth-order valence-corrected chi connectivity index (χ4v) is 3.23. The van der Waals surface area contributed by atoms with Gasteiger partial charge in [-0.2, -0.15) is 0 Å². The lowest BCUT2D eigenvalue weighted by Gasteiger charge is -2.18. The van der Waals surface area contributed by atoms with Gasteiger partial charge in [0, 0.05) is 30.7 Å². The Labute approximate surface area is 127 Å². The topological polar surface area (TPSA) is 89.7 Å². The van der Waals surface area contributed by atoms with Crippen LogP contribution in [-0.2, 0) is 14.8 Å². The van der Waals surface area contributed by atoms with E-state index in [1.54, 1.807) is 27.1 Å². The zero-order valence-electron chi connectivity index (χ0n) is 11.5. The molecule has 0 aliphatic rings. The Kier molecular flexibility index (Phi) is 5.69. The average Bonchev–Trinajstić information content (AvgIpc) is 2.36. The highest BCUT2D eigenvalue weighted by atomic mass is 79.9. The van der Waals surface area contributed by atoms with E-state index in [1.165, 1.54) is 11.0 Å². The zero-order chi connectivity index (χ0) is 15.5. The van der Waals surface area contributed by atoms with E-state index in [-0.39, 0.29) is 16.4 Å². The van der Waals surface area contributed by atoms with E-state index >= 15 is 0 Å². The number of hydrogen-bond acceptors (Lipinski definition) is 4. The van der Waals surface area contributed by atoms with Gasteiger partial charge < -0.3 is 9.64 Å². The van der Waals surface area contributed by atoms with Crippen LogP contribution in [0.15, 0.2) is 21.5 Å². The van der Waals surface area contributed by atoms with Crippen LogP contribution in [0.4, 0.5) is 0 Å². The van der Waals surface area contributed by atoms with E-state index in [2.05, 4.69) is 15.9 Å². The van der Waals surface area contributed by atoms with Crippen molar-refractivity contribution in [2.75, 3.05) is 27.3 Å². The van der Waals surface area contributed by atoms with Crippen LogP contribution >= 0.6 is 15.9 Å². The number of likely N-dealkylation sites (N-methyl/N-ethyl adjacent to an activating group) is 1. The standard InChI is InChI=1S/C12H17BrN2O4S/c1-8-6-9(12(16)15(2)4-5-19-3)7-10(11(8)13)20(14,17)18/h6-7H,4-5H2,1-3H3,(H2,14,17,18). The molecule has 0 fully saturated rings. The lowest BCUT2D eigenvalue weighted by molar-refractivity contribution is 0.0744. The zero-order valence-corrected chi connectivity index (χ0v) is 13.9. The minimum atomic E-state index is -3.90. The predicted octanol–water partition coefficient (Wildman–Crippen LogP) is 1.12. The molecular formula is C12H17BrN2O4S. The highest BCUT2D eigenvalue weighted by Crippen LogP contribution is 2.26. The number of nitrogens with two attached hydrogens (primary N) is 1. The molecule has 8 heteroatoms. The third-order valence-corrected chi connectivity index (χ3v) is 5.00. The van der Waals surface area contributed by atoms with Gasteiger partial charge in [0.05, 0.1) is 11.5 Å². The molecule has 0 aliphatic heterocycles. The molecule has 0 spiro atoms. The summed E-state index contributed by atoms with van der Waals surface area (Å²) in [5.41, 5.74) is 0.897. The molecule has 20 heavy (non-hydrogen) atoms. The number of aryl methyl sites for hydroxylation is 1. The van der Waals surface area contributed by atoms with Crippen molar-refractivity contribution in [1.29, 1.82) is 0 Å². The number of ether oxygens (including phenoxy) is 1. The minimum absolute atomic E-state index is 0.0963. The molecule has 1 aromatic carbocycles. The van der Waals surface area contributed by atoms with E-state index in [9.17, 15) is 13.2 Å². The third kappa shape index (κ3) is 4.02. The molecule has 6 nitrogen and oxygen atoms in total. The lowest BCUT2D eigenvalue weighted by Crippen LogP contribution is -2.30. The van der Waals surface area contributed by atoms with E-state index in [0.717, 1.165) is 0 Å². The number of sulfonamides is 1. The maximum absolute atomic E-state index is 12.2. The molecule has 0 saturated carbocycles. The fraction of sp³-hybridized carbons (Fsp3) is 0.417. The van der Waals surface area contributed by atoms with Crippen LogP contribution in [-0.4, -0.2) is 46.5 Å². The first-order valence-electron chi connectivity index (χ1n) is 5.75. The minimum Gasteiger partial charge on any atom is -0.383 e. The number of carbonyl (C=O) groups is 1. The second kappa shape index (κ2) is 6.66. The molecule has 1 rings (SSSR count). The first-order valence-corrected chi connectivity index (χ1v) is 8.09. The van der Waals surface area contributed by atoms with Crippen molar-refractivity contribution in [3.05, 3.63) is 27.7 Å². The summed E-state index contributed by atoms with van der Waals surface area (Å²) in [6.07, 6.45) is 0. The summed E-state index contributed by atoms with van der Waals surface area (Å²) in [5, 5.41) is 5.15. The molecule has 0 heterocycles. The number of methoxy groups -OCH3 is 1. The van der Waals surface area contributed by atoms with Gasteiger partial charge in [0.1, 0.15) is 0 Å². The molecule has 1 aromatic rings. The fourth-order valence-electron chi connectivity index (χ4n) is 1.62. The SMILES string of the molecule is COCCN(C)C(=O)c1cc(C)c(Br)c(S(N)(=O)=O)c1. The van der Waals surface area contributed by atoms with Gasteiger partial charge in [0.25, 0.3) is 5.91 Å². The van der Waals surface area contributed by atoms with Gasteiger partial charge in [-0.3, -0.25) is 4.79 Å². The number of primary sulfonamides is 1. The number of amides is 1. The number of benzene rings is 1. The van der Waals surface area contributed by atoms with Crippen molar-refractivity contribution in [3.8, 4) is 0 Å². The first kappa shape index (κ1) is 17.1. The molecule has 112 valence electrons. The summed E-state index contributed by atoms with van der Waals surface area (Å²) in [5.74, 6) is -0.289. The number of nitrogens with zero attached hydrogens (tertiary/aromatic N) is 1. The Balaban J connectivity index is 3.21. The van der Waals surface area contributed by atoms with Crippen LogP contribution in [0.3, 0.4) is 0 Å². The molecule has 0 aliphatic carbocycles. The van der Waals surface area contributed by atoms with Crippen LogP contribution in [0.25, 0.3) is 0 Å². The second-order valence-electron chi connectivity index (χ2n) is 4.37. The Morgan fingerprint density at radius 1 is 1.45 bits per heavy atom. The van der Waals surface area contributed by atoms with Crippen LogP contribution in [0, 0.1) is 6.92 Å². The van der Waals surface area contributed by atoms with Crippen molar-refractivity contribution >= 4 is 31.9 Å². The Morgan fingerprint density at radius 2 is 2.05 bits per heavy atom. The molecule has 0 aromatic heterocycles. The first-order chi connectivity index (χ1) is 9.18. The number of carbonyl (C=O) groups excluding carboxylic acids is 1. The van der Waals surface area contributed by atoms with Crippen molar-refractivity contribution < 1.29 is 17.9 Å². The van der Waals surface area contributed by atoms with Gasteiger partial charge in [0.15, 0.2) is 0 Å². The summed E-state index contributed by atoms with van der Waals surface area (Å²) in [4.78, 5) is 13.6. The smallest absolute Gasteiger partial charge is 0.253 e. The Morgan fingerprint density at radius 3 is 2.55 bits per heavy atom. The van der Waals surface area contributed by atoms with Gasteiger partial charge in [-0.15, -0.1) is 0 Å². The molecular weight excluding hydrogens is 348 g/mol. The highest BCUT2D eigenvalue weighted by Gasteiger charge is 2.20. The van der Waals surface area contributed by atoms with Crippen LogP contribution < -0.4 is 5.14 Å². The van der Waals surface area contributed by atoms with E-state index in [1.807, 2.05) is 0 Å². The van der Waals surface area contributed by atoms with E-state index < -0.39 is 10.0 Å². The van der Waals surface area contributed by atoms with E-state index in [4.69, 9.17) is 9.88 Å². The van der Waals surface area contributed by atoms with Crippen molar-refractivity contribution in [2.45, 2.75) is 11.8 Å². The third-order valence-electron chi connectivity index (χ3n) is 2.75. The van der Waals surface area contributed by atoms with Gasteiger partial charge in [-0.25, -0.2) is 13.6 Å². The van der Waals surface area contributed by atoms with Gasteiger partial charge >= 0.3 is 0 Å². The van der Waals surface area contributed by atoms with Gasteiger partial charge in [0.2, 0.25) is 10.0 Å². The summed E-state index contributed by atoms with van der Waals surface area (Å²) in [6, 6.07) is 2.89. The maximum Gasteiger partial charge on any atom is 0.253 e. The molecule has 0 unspecified atom stereocenters. The van der Waals surface area contributed by atoms with Crippen molar-refractivity contribution in [3.63, 3.8) is 0 Å². The average molecular weight is 365 g/mol. The predicted molar refractivity (Wildman–Crippen MR) is 79.1 cm³/mol. The second-order valence-corrected chi connectivity index (χ2v) is 6.69. The van der Waals surface area contributed by atoms with E-state index in [0.29, 0.717) is 23.2 Å².